The molecule has 4 rings (SSSR count). The van der Waals surface area contributed by atoms with Crippen LogP contribution >= 0.6 is 0 Å². The van der Waals surface area contributed by atoms with Gasteiger partial charge in [0.2, 0.25) is 0 Å². The average molecular weight is 405 g/mol. The highest BCUT2D eigenvalue weighted by atomic mass is 16.5. The molecule has 7 nitrogen and oxygen atoms in total. The maximum atomic E-state index is 5.58. The van der Waals surface area contributed by atoms with Crippen molar-refractivity contribution < 1.29 is 4.74 Å². The van der Waals surface area contributed by atoms with Crippen LogP contribution in [0, 0.1) is 0 Å². The van der Waals surface area contributed by atoms with Crippen LogP contribution in [0.3, 0.4) is 0 Å². The van der Waals surface area contributed by atoms with Crippen LogP contribution in [0.2, 0.25) is 0 Å². The Bertz CT molecular complexity index is 1160. The summed E-state index contributed by atoms with van der Waals surface area (Å²) >= 11 is 0. The first-order valence-corrected chi connectivity index (χ1v) is 10.4. The van der Waals surface area contributed by atoms with Crippen molar-refractivity contribution in [3.8, 4) is 5.75 Å². The van der Waals surface area contributed by atoms with Crippen LogP contribution in [-0.4, -0.2) is 60.2 Å². The second-order valence-corrected chi connectivity index (χ2v) is 7.50. The highest BCUT2D eigenvalue weighted by Crippen LogP contribution is 2.29. The SMILES string of the molecule is COc1ccc2c(ccc3nc4c(NCCCN(C)CCCN)nccc4nc32)c1. The third-order valence-corrected chi connectivity index (χ3v) is 5.30. The molecule has 0 aliphatic carbocycles. The quantitative estimate of drug-likeness (QED) is 0.251. The van der Waals surface area contributed by atoms with Gasteiger partial charge in [-0.15, -0.1) is 0 Å². The summed E-state index contributed by atoms with van der Waals surface area (Å²) in [5, 5.41) is 5.58. The molecule has 2 aromatic carbocycles. The standard InChI is InChI=1S/C23H28N6O/c1-29(13-3-10-24)14-4-11-25-23-22-20(9-12-26-23)27-21-18-7-6-17(30-2)15-16(18)5-8-19(21)28-22/h5-9,12,15H,3-4,10-11,13-14,24H2,1-2H3,(H,25,26). The molecule has 3 N–H and O–H groups in total. The van der Waals surface area contributed by atoms with Gasteiger partial charge in [0.05, 0.1) is 23.7 Å². The number of nitrogens with two attached hydrogens (primary N) is 1. The number of nitrogens with zero attached hydrogens (tertiary/aromatic N) is 4. The van der Waals surface area contributed by atoms with E-state index in [-0.39, 0.29) is 0 Å². The van der Waals surface area contributed by atoms with Crippen molar-refractivity contribution in [3.05, 3.63) is 42.6 Å². The van der Waals surface area contributed by atoms with E-state index in [1.807, 2.05) is 30.3 Å². The van der Waals surface area contributed by atoms with E-state index < -0.39 is 0 Å². The Morgan fingerprint density at radius 1 is 1.00 bits per heavy atom. The zero-order valence-corrected chi connectivity index (χ0v) is 17.6. The van der Waals surface area contributed by atoms with Gasteiger partial charge in [-0.1, -0.05) is 6.07 Å². The Balaban J connectivity index is 1.58. The van der Waals surface area contributed by atoms with Crippen molar-refractivity contribution >= 4 is 38.7 Å². The molecule has 0 bridgehead atoms. The summed E-state index contributed by atoms with van der Waals surface area (Å²) in [4.78, 5) is 16.6. The van der Waals surface area contributed by atoms with Gasteiger partial charge in [-0.05, 0) is 75.2 Å². The maximum absolute atomic E-state index is 5.58. The minimum absolute atomic E-state index is 0.734. The predicted octanol–water partition coefficient (Wildman–Crippen LogP) is 3.42. The number of benzene rings is 2. The van der Waals surface area contributed by atoms with E-state index in [0.717, 1.165) is 83.4 Å². The molecule has 0 saturated heterocycles. The molecule has 2 aromatic heterocycles. The first kappa shape index (κ1) is 20.3. The normalized spacial score (nSPS) is 11.6. The second kappa shape index (κ2) is 9.19. The van der Waals surface area contributed by atoms with Crippen molar-refractivity contribution in [2.45, 2.75) is 12.8 Å². The average Bonchev–Trinajstić information content (AvgIpc) is 2.78. The molecule has 30 heavy (non-hydrogen) atoms. The van der Waals surface area contributed by atoms with Gasteiger partial charge >= 0.3 is 0 Å². The summed E-state index contributed by atoms with van der Waals surface area (Å²) in [7, 11) is 3.80. The lowest BCUT2D eigenvalue weighted by atomic mass is 10.1. The summed E-state index contributed by atoms with van der Waals surface area (Å²) in [6, 6.07) is 12.0. The molecule has 4 aromatic rings. The van der Waals surface area contributed by atoms with Crippen LogP contribution in [-0.2, 0) is 0 Å². The fourth-order valence-corrected chi connectivity index (χ4v) is 3.66. The van der Waals surface area contributed by atoms with Crippen LogP contribution in [0.15, 0.2) is 42.6 Å². The number of ether oxygens (including phenoxy) is 1. The Kier molecular flexibility index (Phi) is 6.21. The second-order valence-electron chi connectivity index (χ2n) is 7.50. The first-order valence-electron chi connectivity index (χ1n) is 10.4. The van der Waals surface area contributed by atoms with Gasteiger partial charge in [-0.25, -0.2) is 15.0 Å². The summed E-state index contributed by atoms with van der Waals surface area (Å²) < 4.78 is 5.34. The topological polar surface area (TPSA) is 89.2 Å². The third-order valence-electron chi connectivity index (χ3n) is 5.30. The van der Waals surface area contributed by atoms with Gasteiger partial charge in [0.25, 0.3) is 0 Å². The van der Waals surface area contributed by atoms with Gasteiger partial charge in [-0.2, -0.15) is 0 Å². The lowest BCUT2D eigenvalue weighted by Gasteiger charge is -2.16. The van der Waals surface area contributed by atoms with Crippen LogP contribution in [0.1, 0.15) is 12.8 Å². The Morgan fingerprint density at radius 3 is 2.63 bits per heavy atom. The highest BCUT2D eigenvalue weighted by molar-refractivity contribution is 6.07. The molecule has 156 valence electrons. The predicted molar refractivity (Wildman–Crippen MR) is 123 cm³/mol. The Morgan fingerprint density at radius 2 is 1.80 bits per heavy atom. The lowest BCUT2D eigenvalue weighted by molar-refractivity contribution is 0.330. The highest BCUT2D eigenvalue weighted by Gasteiger charge is 2.10. The molecule has 7 heteroatoms. The first-order chi connectivity index (χ1) is 14.7. The molecule has 0 amide bonds. The summed E-state index contributed by atoms with van der Waals surface area (Å²) in [5.41, 5.74) is 8.96. The van der Waals surface area contributed by atoms with Gasteiger partial charge in [-0.3, -0.25) is 0 Å². The number of hydrogen-bond donors (Lipinski definition) is 2. The molecule has 2 heterocycles. The van der Waals surface area contributed by atoms with Crippen molar-refractivity contribution in [1.82, 2.24) is 19.9 Å². The number of fused-ring (bicyclic) bond motifs is 4. The van der Waals surface area contributed by atoms with E-state index in [9.17, 15) is 0 Å². The summed E-state index contributed by atoms with van der Waals surface area (Å²) in [6.45, 7) is 3.61. The zero-order chi connectivity index (χ0) is 20.9. The van der Waals surface area contributed by atoms with Crippen molar-refractivity contribution in [2.75, 3.05) is 45.7 Å². The van der Waals surface area contributed by atoms with E-state index in [1.54, 1.807) is 13.3 Å². The van der Waals surface area contributed by atoms with E-state index in [4.69, 9.17) is 20.4 Å². The van der Waals surface area contributed by atoms with Crippen LogP contribution in [0.5, 0.6) is 5.75 Å². The zero-order valence-electron chi connectivity index (χ0n) is 17.6. The summed E-state index contributed by atoms with van der Waals surface area (Å²) in [6.07, 6.45) is 3.83. The molecule has 0 atom stereocenters. The third kappa shape index (κ3) is 4.27. The van der Waals surface area contributed by atoms with Crippen LogP contribution in [0.25, 0.3) is 32.8 Å². The Labute approximate surface area is 176 Å². The molecule has 0 fully saturated rings. The molecule has 0 spiro atoms. The smallest absolute Gasteiger partial charge is 0.154 e. The summed E-state index contributed by atoms with van der Waals surface area (Å²) in [5.74, 6) is 1.61. The van der Waals surface area contributed by atoms with Gasteiger partial charge < -0.3 is 20.7 Å². The minimum atomic E-state index is 0.734. The Hall–Kier alpha value is -3.03. The van der Waals surface area contributed by atoms with E-state index in [1.165, 1.54) is 0 Å². The van der Waals surface area contributed by atoms with Crippen molar-refractivity contribution in [3.63, 3.8) is 0 Å². The number of pyridine rings is 1. The van der Waals surface area contributed by atoms with E-state index in [0.29, 0.717) is 0 Å². The maximum Gasteiger partial charge on any atom is 0.154 e. The molecular formula is C23H28N6O. The molecule has 0 radical (unpaired) electrons. The molecule has 0 aliphatic rings. The number of nitrogens with one attached hydrogen (secondary N) is 1. The fourth-order valence-electron chi connectivity index (χ4n) is 3.66. The van der Waals surface area contributed by atoms with Crippen molar-refractivity contribution in [1.29, 1.82) is 0 Å². The number of hydrogen-bond acceptors (Lipinski definition) is 7. The van der Waals surface area contributed by atoms with Gasteiger partial charge in [0, 0.05) is 18.1 Å². The minimum Gasteiger partial charge on any atom is -0.497 e. The van der Waals surface area contributed by atoms with Crippen LogP contribution < -0.4 is 15.8 Å². The fraction of sp³-hybridized carbons (Fsp3) is 0.348. The number of aromatic nitrogens is 3. The van der Waals surface area contributed by atoms with Crippen molar-refractivity contribution in [2.24, 2.45) is 5.73 Å². The number of anilines is 1. The van der Waals surface area contributed by atoms with Crippen LogP contribution in [0.4, 0.5) is 5.82 Å². The van der Waals surface area contributed by atoms with Gasteiger partial charge in [0.15, 0.2) is 5.82 Å². The molecule has 0 unspecified atom stereocenters. The number of rotatable bonds is 9. The lowest BCUT2D eigenvalue weighted by Crippen LogP contribution is -2.24. The van der Waals surface area contributed by atoms with E-state index in [2.05, 4.69) is 28.3 Å². The number of methoxy groups -OCH3 is 1. The molecule has 0 aliphatic heterocycles. The van der Waals surface area contributed by atoms with Gasteiger partial charge in [0.1, 0.15) is 11.3 Å². The van der Waals surface area contributed by atoms with E-state index >= 15 is 0 Å². The largest absolute Gasteiger partial charge is 0.497 e. The molecule has 0 saturated carbocycles. The molecular weight excluding hydrogens is 376 g/mol. The monoisotopic (exact) mass is 404 g/mol.